The zero-order valence-electron chi connectivity index (χ0n) is 8.62. The summed E-state index contributed by atoms with van der Waals surface area (Å²) < 4.78 is 0. The number of carbonyl (C=O) groups is 1. The van der Waals surface area contributed by atoms with Crippen LogP contribution in [0.2, 0.25) is 0 Å². The molecule has 0 spiro atoms. The molecule has 0 saturated heterocycles. The molecule has 0 bridgehead atoms. The van der Waals surface area contributed by atoms with E-state index < -0.39 is 0 Å². The molecule has 1 aliphatic rings. The van der Waals surface area contributed by atoms with Gasteiger partial charge in [-0.1, -0.05) is 6.08 Å². The van der Waals surface area contributed by atoms with Crippen molar-refractivity contribution < 1.29 is 4.79 Å². The monoisotopic (exact) mass is 181 g/mol. The summed E-state index contributed by atoms with van der Waals surface area (Å²) in [6, 6.07) is 0. The van der Waals surface area contributed by atoms with Crippen molar-refractivity contribution in [3.8, 4) is 0 Å². The van der Waals surface area contributed by atoms with Crippen molar-refractivity contribution in [3.63, 3.8) is 0 Å². The Morgan fingerprint density at radius 2 is 2.23 bits per heavy atom. The van der Waals surface area contributed by atoms with Gasteiger partial charge in [-0.3, -0.25) is 0 Å². The van der Waals surface area contributed by atoms with Gasteiger partial charge in [-0.25, -0.2) is 0 Å². The van der Waals surface area contributed by atoms with Gasteiger partial charge in [0.05, 0.1) is 0 Å². The third kappa shape index (κ3) is 2.58. The number of nitrogens with zero attached hydrogens (tertiary/aromatic N) is 1. The van der Waals surface area contributed by atoms with Crippen molar-refractivity contribution in [3.05, 3.63) is 11.8 Å². The van der Waals surface area contributed by atoms with Crippen LogP contribution >= 0.6 is 0 Å². The van der Waals surface area contributed by atoms with Crippen LogP contribution in [0.4, 0.5) is 0 Å². The lowest BCUT2D eigenvalue weighted by Crippen LogP contribution is -2.25. The smallest absolute Gasteiger partial charge is 0.126 e. The number of hydrogen-bond acceptors (Lipinski definition) is 2. The number of aldehydes is 1. The van der Waals surface area contributed by atoms with Crippen molar-refractivity contribution in [2.24, 2.45) is 5.92 Å². The minimum atomic E-state index is 0.171. The van der Waals surface area contributed by atoms with Gasteiger partial charge in [0.2, 0.25) is 0 Å². The maximum absolute atomic E-state index is 10.6. The van der Waals surface area contributed by atoms with E-state index in [-0.39, 0.29) is 5.92 Å². The number of hydrogen-bond donors (Lipinski definition) is 0. The zero-order chi connectivity index (χ0) is 9.68. The highest BCUT2D eigenvalue weighted by molar-refractivity contribution is 5.57. The molecule has 0 saturated carbocycles. The fraction of sp³-hybridized carbons (Fsp3) is 0.727. The SMILES string of the molecule is CCN(CC)C1=CC(C=O)CCC1. The van der Waals surface area contributed by atoms with E-state index in [1.54, 1.807) is 0 Å². The summed E-state index contributed by atoms with van der Waals surface area (Å²) in [5, 5.41) is 0. The Kier molecular flexibility index (Phi) is 4.00. The van der Waals surface area contributed by atoms with Gasteiger partial charge in [-0.15, -0.1) is 0 Å². The lowest BCUT2D eigenvalue weighted by molar-refractivity contribution is -0.110. The Balaban J connectivity index is 2.65. The summed E-state index contributed by atoms with van der Waals surface area (Å²) in [4.78, 5) is 13.0. The minimum Gasteiger partial charge on any atom is -0.376 e. The first-order valence-electron chi connectivity index (χ1n) is 5.22. The van der Waals surface area contributed by atoms with Crippen LogP contribution in [0.25, 0.3) is 0 Å². The molecule has 2 heteroatoms. The Morgan fingerprint density at radius 1 is 1.54 bits per heavy atom. The van der Waals surface area contributed by atoms with Crippen LogP contribution in [-0.4, -0.2) is 24.3 Å². The third-order valence-corrected chi connectivity index (χ3v) is 2.72. The van der Waals surface area contributed by atoms with E-state index in [1.165, 1.54) is 5.70 Å². The standard InChI is InChI=1S/C11H19NO/c1-3-12(4-2)11-7-5-6-10(8-11)9-13/h8-10H,3-7H2,1-2H3. The average molecular weight is 181 g/mol. The minimum absolute atomic E-state index is 0.171. The third-order valence-electron chi connectivity index (χ3n) is 2.72. The van der Waals surface area contributed by atoms with E-state index in [0.717, 1.165) is 38.6 Å². The molecule has 0 radical (unpaired) electrons. The van der Waals surface area contributed by atoms with Gasteiger partial charge in [0, 0.05) is 24.7 Å². The van der Waals surface area contributed by atoms with Gasteiger partial charge in [-0.05, 0) is 33.1 Å². The molecule has 74 valence electrons. The Hall–Kier alpha value is -0.790. The molecule has 0 aliphatic heterocycles. The molecule has 0 aromatic rings. The summed E-state index contributed by atoms with van der Waals surface area (Å²) in [5.74, 6) is 0.171. The second-order valence-electron chi connectivity index (χ2n) is 3.52. The van der Waals surface area contributed by atoms with Crippen LogP contribution in [0.5, 0.6) is 0 Å². The van der Waals surface area contributed by atoms with E-state index in [4.69, 9.17) is 0 Å². The summed E-state index contributed by atoms with van der Waals surface area (Å²) in [7, 11) is 0. The van der Waals surface area contributed by atoms with Gasteiger partial charge >= 0.3 is 0 Å². The molecule has 0 heterocycles. The number of allylic oxidation sites excluding steroid dienone is 2. The van der Waals surface area contributed by atoms with Crippen LogP contribution in [0.1, 0.15) is 33.1 Å². The lowest BCUT2D eigenvalue weighted by atomic mass is 9.94. The van der Waals surface area contributed by atoms with E-state index in [2.05, 4.69) is 24.8 Å². The van der Waals surface area contributed by atoms with Crippen LogP contribution in [0.3, 0.4) is 0 Å². The Labute approximate surface area is 80.6 Å². The van der Waals surface area contributed by atoms with Crippen molar-refractivity contribution in [2.45, 2.75) is 33.1 Å². The molecule has 0 aromatic heterocycles. The highest BCUT2D eigenvalue weighted by atomic mass is 16.1. The van der Waals surface area contributed by atoms with Gasteiger partial charge in [0.15, 0.2) is 0 Å². The van der Waals surface area contributed by atoms with Crippen LogP contribution in [-0.2, 0) is 4.79 Å². The fourth-order valence-electron chi connectivity index (χ4n) is 1.93. The quantitative estimate of drug-likeness (QED) is 0.620. The van der Waals surface area contributed by atoms with Crippen LogP contribution in [0.15, 0.2) is 11.8 Å². The van der Waals surface area contributed by atoms with Gasteiger partial charge < -0.3 is 9.69 Å². The molecule has 1 aliphatic carbocycles. The lowest BCUT2D eigenvalue weighted by Gasteiger charge is -2.28. The first kappa shape index (κ1) is 10.3. The highest BCUT2D eigenvalue weighted by Gasteiger charge is 2.15. The molecular weight excluding hydrogens is 162 g/mol. The van der Waals surface area contributed by atoms with Crippen LogP contribution in [0, 0.1) is 5.92 Å². The van der Waals surface area contributed by atoms with E-state index in [1.807, 2.05) is 0 Å². The van der Waals surface area contributed by atoms with Gasteiger partial charge in [-0.2, -0.15) is 0 Å². The zero-order valence-corrected chi connectivity index (χ0v) is 8.62. The highest BCUT2D eigenvalue weighted by Crippen LogP contribution is 2.23. The molecule has 13 heavy (non-hydrogen) atoms. The molecule has 1 rings (SSSR count). The molecular formula is C11H19NO. The van der Waals surface area contributed by atoms with Crippen LogP contribution < -0.4 is 0 Å². The molecule has 0 aromatic carbocycles. The summed E-state index contributed by atoms with van der Waals surface area (Å²) >= 11 is 0. The summed E-state index contributed by atoms with van der Waals surface area (Å²) in [6.07, 6.45) is 6.55. The molecule has 0 fully saturated rings. The number of rotatable bonds is 4. The molecule has 1 atom stereocenters. The van der Waals surface area contributed by atoms with Crippen molar-refractivity contribution in [2.75, 3.05) is 13.1 Å². The Morgan fingerprint density at radius 3 is 2.77 bits per heavy atom. The Bertz CT molecular complexity index is 194. The maximum atomic E-state index is 10.6. The molecule has 2 nitrogen and oxygen atoms in total. The second kappa shape index (κ2) is 5.05. The van der Waals surface area contributed by atoms with Gasteiger partial charge in [0.25, 0.3) is 0 Å². The largest absolute Gasteiger partial charge is 0.376 e. The predicted octanol–water partition coefficient (Wildman–Crippen LogP) is 2.21. The molecule has 1 unspecified atom stereocenters. The summed E-state index contributed by atoms with van der Waals surface area (Å²) in [5.41, 5.74) is 1.37. The van der Waals surface area contributed by atoms with E-state index in [9.17, 15) is 4.79 Å². The van der Waals surface area contributed by atoms with Crippen molar-refractivity contribution in [1.29, 1.82) is 0 Å². The number of carbonyl (C=O) groups excluding carboxylic acids is 1. The van der Waals surface area contributed by atoms with E-state index in [0.29, 0.717) is 0 Å². The topological polar surface area (TPSA) is 20.3 Å². The summed E-state index contributed by atoms with van der Waals surface area (Å²) in [6.45, 7) is 6.42. The fourth-order valence-corrected chi connectivity index (χ4v) is 1.93. The average Bonchev–Trinajstić information content (AvgIpc) is 2.20. The predicted molar refractivity (Wildman–Crippen MR) is 54.4 cm³/mol. The van der Waals surface area contributed by atoms with Crippen molar-refractivity contribution in [1.82, 2.24) is 4.90 Å². The molecule has 0 amide bonds. The second-order valence-corrected chi connectivity index (χ2v) is 3.52. The van der Waals surface area contributed by atoms with Crippen molar-refractivity contribution >= 4 is 6.29 Å². The van der Waals surface area contributed by atoms with Gasteiger partial charge in [0.1, 0.15) is 6.29 Å². The van der Waals surface area contributed by atoms with E-state index >= 15 is 0 Å². The molecule has 0 N–H and O–H groups in total. The maximum Gasteiger partial charge on any atom is 0.126 e. The normalized spacial score (nSPS) is 22.3. The first-order valence-corrected chi connectivity index (χ1v) is 5.22. The first-order chi connectivity index (χ1) is 6.31.